The van der Waals surface area contributed by atoms with Crippen molar-refractivity contribution in [3.8, 4) is 0 Å². The molecule has 0 radical (unpaired) electrons. The van der Waals surface area contributed by atoms with Gasteiger partial charge in [0.25, 0.3) is 0 Å². The van der Waals surface area contributed by atoms with Gasteiger partial charge in [0.1, 0.15) is 0 Å². The lowest BCUT2D eigenvalue weighted by Gasteiger charge is -2.26. The van der Waals surface area contributed by atoms with Crippen LogP contribution in [0.15, 0.2) is 5.16 Å². The van der Waals surface area contributed by atoms with Crippen molar-refractivity contribution in [2.75, 3.05) is 36.0 Å². The Morgan fingerprint density at radius 3 is 1.20 bits per heavy atom. The minimum absolute atomic E-state index is 0.524. The van der Waals surface area contributed by atoms with Gasteiger partial charge in [-0.15, -0.1) is 12.6 Å². The van der Waals surface area contributed by atoms with Crippen LogP contribution in [0, 0.1) is 0 Å². The van der Waals surface area contributed by atoms with E-state index >= 15 is 0 Å². The van der Waals surface area contributed by atoms with Crippen molar-refractivity contribution < 1.29 is 0 Å². The first-order valence-electron chi connectivity index (χ1n) is 10.1. The molecular formula is C19H37N5S. The number of anilines is 2. The molecule has 5 nitrogen and oxygen atoms in total. The molecule has 1 aromatic rings. The van der Waals surface area contributed by atoms with Gasteiger partial charge in [0.15, 0.2) is 5.16 Å². The summed E-state index contributed by atoms with van der Waals surface area (Å²) in [7, 11) is 0. The predicted octanol–water partition coefficient (Wildman–Crippen LogP) is 4.97. The molecule has 0 bridgehead atoms. The maximum atomic E-state index is 4.83. The minimum Gasteiger partial charge on any atom is -0.341 e. The fourth-order valence-electron chi connectivity index (χ4n) is 2.65. The number of nitrogens with zero attached hydrogens (tertiary/aromatic N) is 5. The van der Waals surface area contributed by atoms with Crippen LogP contribution in [-0.2, 0) is 0 Å². The highest BCUT2D eigenvalue weighted by Gasteiger charge is 2.16. The maximum absolute atomic E-state index is 4.83. The van der Waals surface area contributed by atoms with E-state index in [1.54, 1.807) is 0 Å². The Bertz CT molecular complexity index is 415. The molecule has 1 heterocycles. The van der Waals surface area contributed by atoms with E-state index in [4.69, 9.17) is 4.98 Å². The Hall–Kier alpha value is -1.04. The van der Waals surface area contributed by atoms with Crippen molar-refractivity contribution >= 4 is 24.5 Å². The summed E-state index contributed by atoms with van der Waals surface area (Å²) < 4.78 is 0. The summed E-state index contributed by atoms with van der Waals surface area (Å²) in [6.07, 6.45) is 9.32. The van der Waals surface area contributed by atoms with E-state index in [0.29, 0.717) is 5.16 Å². The fourth-order valence-corrected chi connectivity index (χ4v) is 2.82. The van der Waals surface area contributed by atoms with Crippen molar-refractivity contribution in [3.63, 3.8) is 0 Å². The van der Waals surface area contributed by atoms with Gasteiger partial charge in [-0.1, -0.05) is 53.4 Å². The molecule has 0 saturated carbocycles. The van der Waals surface area contributed by atoms with Crippen LogP contribution in [0.1, 0.15) is 79.1 Å². The SMILES string of the molecule is CCCCN(CCCC)c1nc(S)nc(N(CCCC)CCCC)n1. The fraction of sp³-hybridized carbons (Fsp3) is 0.842. The summed E-state index contributed by atoms with van der Waals surface area (Å²) in [5.74, 6) is 1.57. The Kier molecular flexibility index (Phi) is 11.6. The molecule has 144 valence electrons. The molecule has 1 aromatic heterocycles. The summed E-state index contributed by atoms with van der Waals surface area (Å²) in [5, 5.41) is 0.524. The van der Waals surface area contributed by atoms with Gasteiger partial charge < -0.3 is 9.80 Å². The molecule has 0 fully saturated rings. The molecule has 0 amide bonds. The van der Waals surface area contributed by atoms with Crippen molar-refractivity contribution in [1.82, 2.24) is 15.0 Å². The van der Waals surface area contributed by atoms with E-state index in [0.717, 1.165) is 63.8 Å². The summed E-state index contributed by atoms with van der Waals surface area (Å²) in [4.78, 5) is 18.5. The smallest absolute Gasteiger partial charge is 0.231 e. The molecule has 0 aromatic carbocycles. The summed E-state index contributed by atoms with van der Waals surface area (Å²) in [6, 6.07) is 0. The Morgan fingerprint density at radius 1 is 0.600 bits per heavy atom. The second-order valence-electron chi connectivity index (χ2n) is 6.62. The van der Waals surface area contributed by atoms with E-state index in [9.17, 15) is 0 Å². The third kappa shape index (κ3) is 8.25. The third-order valence-corrected chi connectivity index (χ3v) is 4.49. The first kappa shape index (κ1) is 22.0. The molecule has 6 heteroatoms. The number of aromatic nitrogens is 3. The largest absolute Gasteiger partial charge is 0.341 e. The highest BCUT2D eigenvalue weighted by atomic mass is 32.1. The monoisotopic (exact) mass is 367 g/mol. The van der Waals surface area contributed by atoms with Crippen LogP contribution in [0.4, 0.5) is 11.9 Å². The van der Waals surface area contributed by atoms with E-state index in [1.165, 1.54) is 25.7 Å². The molecule has 0 saturated heterocycles. The van der Waals surface area contributed by atoms with Crippen LogP contribution in [0.2, 0.25) is 0 Å². The second-order valence-corrected chi connectivity index (χ2v) is 7.02. The zero-order chi connectivity index (χ0) is 18.5. The minimum atomic E-state index is 0.524. The molecule has 25 heavy (non-hydrogen) atoms. The quantitative estimate of drug-likeness (QED) is 0.470. The van der Waals surface area contributed by atoms with Crippen LogP contribution in [0.25, 0.3) is 0 Å². The second kappa shape index (κ2) is 13.2. The van der Waals surface area contributed by atoms with Crippen LogP contribution >= 0.6 is 12.6 Å². The number of hydrogen-bond acceptors (Lipinski definition) is 6. The summed E-state index contributed by atoms with van der Waals surface area (Å²) in [5.41, 5.74) is 0. The van der Waals surface area contributed by atoms with Gasteiger partial charge in [0, 0.05) is 26.2 Å². The van der Waals surface area contributed by atoms with Crippen LogP contribution in [0.5, 0.6) is 0 Å². The zero-order valence-electron chi connectivity index (χ0n) is 16.7. The van der Waals surface area contributed by atoms with Gasteiger partial charge in [-0.25, -0.2) is 0 Å². The lowest BCUT2D eigenvalue weighted by Crippen LogP contribution is -2.31. The molecule has 0 aliphatic rings. The molecule has 0 N–H and O–H groups in total. The molecular weight excluding hydrogens is 330 g/mol. The highest BCUT2D eigenvalue weighted by molar-refractivity contribution is 7.80. The van der Waals surface area contributed by atoms with Crippen LogP contribution in [0.3, 0.4) is 0 Å². The van der Waals surface area contributed by atoms with Crippen molar-refractivity contribution in [3.05, 3.63) is 0 Å². The van der Waals surface area contributed by atoms with Gasteiger partial charge in [-0.05, 0) is 25.7 Å². The van der Waals surface area contributed by atoms with E-state index in [2.05, 4.69) is 60.1 Å². The predicted molar refractivity (Wildman–Crippen MR) is 111 cm³/mol. The van der Waals surface area contributed by atoms with Gasteiger partial charge in [-0.2, -0.15) is 15.0 Å². The van der Waals surface area contributed by atoms with Crippen molar-refractivity contribution in [2.45, 2.75) is 84.2 Å². The normalized spacial score (nSPS) is 10.9. The zero-order valence-corrected chi connectivity index (χ0v) is 17.6. The molecule has 0 atom stereocenters. The molecule has 0 unspecified atom stereocenters. The van der Waals surface area contributed by atoms with Crippen molar-refractivity contribution in [1.29, 1.82) is 0 Å². The van der Waals surface area contributed by atoms with Gasteiger partial charge >= 0.3 is 0 Å². The number of unbranched alkanes of at least 4 members (excludes halogenated alkanes) is 4. The molecule has 1 rings (SSSR count). The Labute approximate surface area is 160 Å². The third-order valence-electron chi connectivity index (χ3n) is 4.29. The van der Waals surface area contributed by atoms with Gasteiger partial charge in [-0.3, -0.25) is 0 Å². The summed E-state index contributed by atoms with van der Waals surface area (Å²) >= 11 is 4.46. The Morgan fingerprint density at radius 2 is 0.920 bits per heavy atom. The number of rotatable bonds is 14. The maximum Gasteiger partial charge on any atom is 0.231 e. The van der Waals surface area contributed by atoms with E-state index in [-0.39, 0.29) is 0 Å². The molecule has 0 aliphatic carbocycles. The van der Waals surface area contributed by atoms with Gasteiger partial charge in [0.2, 0.25) is 11.9 Å². The first-order valence-corrected chi connectivity index (χ1v) is 10.6. The average molecular weight is 368 g/mol. The van der Waals surface area contributed by atoms with Crippen LogP contribution in [-0.4, -0.2) is 41.1 Å². The number of thiol groups is 1. The highest BCUT2D eigenvalue weighted by Crippen LogP contribution is 2.18. The standard InChI is InChI=1S/C19H37N5S/c1-5-9-13-23(14-10-6-2)17-20-18(22-19(25)21-17)24(15-11-7-3)16-12-8-4/h5-16H2,1-4H3,(H,20,21,22,25). The van der Waals surface area contributed by atoms with Gasteiger partial charge in [0.05, 0.1) is 0 Å². The van der Waals surface area contributed by atoms with Crippen molar-refractivity contribution in [2.24, 2.45) is 0 Å². The van der Waals surface area contributed by atoms with E-state index in [1.807, 2.05) is 0 Å². The number of hydrogen-bond donors (Lipinski definition) is 1. The topological polar surface area (TPSA) is 45.2 Å². The first-order chi connectivity index (χ1) is 12.2. The lowest BCUT2D eigenvalue weighted by molar-refractivity contribution is 0.635. The average Bonchev–Trinajstić information content (AvgIpc) is 2.61. The van der Waals surface area contributed by atoms with Crippen LogP contribution < -0.4 is 9.80 Å². The molecule has 0 aliphatic heterocycles. The Balaban J connectivity index is 3.02. The lowest BCUT2D eigenvalue weighted by atomic mass is 10.2. The summed E-state index contributed by atoms with van der Waals surface area (Å²) in [6.45, 7) is 12.9. The van der Waals surface area contributed by atoms with E-state index < -0.39 is 0 Å². The molecule has 0 spiro atoms.